The molecule has 0 heterocycles. The molecule has 0 saturated heterocycles. The van der Waals surface area contributed by atoms with E-state index in [0.717, 1.165) is 6.92 Å². The van der Waals surface area contributed by atoms with Crippen molar-refractivity contribution in [2.75, 3.05) is 13.7 Å². The number of hydrogen-bond donors (Lipinski definition) is 3. The highest BCUT2D eigenvalue weighted by Crippen LogP contribution is 2.13. The van der Waals surface area contributed by atoms with Gasteiger partial charge in [0.25, 0.3) is 0 Å². The molecule has 0 aromatic heterocycles. The van der Waals surface area contributed by atoms with Crippen LogP contribution in [0.1, 0.15) is 30.1 Å². The summed E-state index contributed by atoms with van der Waals surface area (Å²) >= 11 is 0. The molecule has 0 aliphatic heterocycles. The molecule has 0 saturated carbocycles. The first kappa shape index (κ1) is 17.6. The standard InChI is InChI=1S/C15H19NO6/c1-15(21,14(19)20)9-16-13(18)8-7-12(17)10-3-5-11(22-2)6-4-10/h3-6,21H,7-9H2,1-2H3,(H,16,18)(H,19,20). The third kappa shape index (κ3) is 5.17. The fourth-order valence-corrected chi connectivity index (χ4v) is 1.58. The molecule has 1 aromatic rings. The van der Waals surface area contributed by atoms with Crippen LogP contribution in [0.2, 0.25) is 0 Å². The predicted octanol–water partition coefficient (Wildman–Crippen LogP) is 0.610. The number of hydrogen-bond acceptors (Lipinski definition) is 5. The zero-order valence-electron chi connectivity index (χ0n) is 12.5. The number of carboxylic acid groups (broad SMARTS) is 1. The molecule has 7 nitrogen and oxygen atoms in total. The van der Waals surface area contributed by atoms with Gasteiger partial charge in [-0.3, -0.25) is 9.59 Å². The Morgan fingerprint density at radius 1 is 1.18 bits per heavy atom. The second-order valence-corrected chi connectivity index (χ2v) is 5.01. The molecule has 1 atom stereocenters. The van der Waals surface area contributed by atoms with E-state index in [0.29, 0.717) is 11.3 Å². The summed E-state index contributed by atoms with van der Waals surface area (Å²) < 4.78 is 4.98. The maximum Gasteiger partial charge on any atom is 0.337 e. The van der Waals surface area contributed by atoms with E-state index in [-0.39, 0.29) is 18.6 Å². The summed E-state index contributed by atoms with van der Waals surface area (Å²) in [5.41, 5.74) is -1.57. The molecule has 0 fully saturated rings. The molecule has 1 rings (SSSR count). The summed E-state index contributed by atoms with van der Waals surface area (Å²) in [6.45, 7) is 0.663. The average molecular weight is 309 g/mol. The van der Waals surface area contributed by atoms with Gasteiger partial charge in [0.1, 0.15) is 5.75 Å². The van der Waals surface area contributed by atoms with E-state index in [2.05, 4.69) is 5.32 Å². The molecular weight excluding hydrogens is 290 g/mol. The molecule has 1 unspecified atom stereocenters. The van der Waals surface area contributed by atoms with Gasteiger partial charge in [-0.05, 0) is 31.2 Å². The minimum absolute atomic E-state index is 0.00657. The highest BCUT2D eigenvalue weighted by Gasteiger charge is 2.30. The highest BCUT2D eigenvalue weighted by molar-refractivity contribution is 5.98. The maximum atomic E-state index is 11.9. The van der Waals surface area contributed by atoms with Crippen LogP contribution in [-0.2, 0) is 9.59 Å². The van der Waals surface area contributed by atoms with Crippen LogP contribution in [0.3, 0.4) is 0 Å². The summed E-state index contributed by atoms with van der Waals surface area (Å²) in [7, 11) is 1.52. The van der Waals surface area contributed by atoms with Crippen molar-refractivity contribution in [1.29, 1.82) is 0 Å². The molecule has 120 valence electrons. The largest absolute Gasteiger partial charge is 0.497 e. The van der Waals surface area contributed by atoms with E-state index in [4.69, 9.17) is 9.84 Å². The maximum absolute atomic E-state index is 11.9. The summed E-state index contributed by atoms with van der Waals surface area (Å²) in [5, 5.41) is 20.4. The minimum Gasteiger partial charge on any atom is -0.497 e. The molecule has 0 spiro atoms. The molecule has 0 aliphatic carbocycles. The van der Waals surface area contributed by atoms with Gasteiger partial charge < -0.3 is 20.3 Å². The minimum atomic E-state index is -2.03. The predicted molar refractivity (Wildman–Crippen MR) is 77.8 cm³/mol. The van der Waals surface area contributed by atoms with Crippen LogP contribution in [0.4, 0.5) is 0 Å². The van der Waals surface area contributed by atoms with E-state index < -0.39 is 24.0 Å². The molecule has 0 radical (unpaired) electrons. The van der Waals surface area contributed by atoms with Gasteiger partial charge in [-0.25, -0.2) is 4.79 Å². The Morgan fingerprint density at radius 3 is 2.27 bits per heavy atom. The smallest absolute Gasteiger partial charge is 0.337 e. The first-order valence-electron chi connectivity index (χ1n) is 6.66. The highest BCUT2D eigenvalue weighted by atomic mass is 16.5. The molecule has 1 amide bonds. The van der Waals surface area contributed by atoms with Crippen molar-refractivity contribution in [2.45, 2.75) is 25.4 Å². The lowest BCUT2D eigenvalue weighted by atomic mass is 10.1. The zero-order chi connectivity index (χ0) is 16.8. The van der Waals surface area contributed by atoms with Crippen molar-refractivity contribution in [2.24, 2.45) is 0 Å². The van der Waals surface area contributed by atoms with Gasteiger partial charge in [-0.2, -0.15) is 0 Å². The number of methoxy groups -OCH3 is 1. The van der Waals surface area contributed by atoms with Crippen LogP contribution in [0.25, 0.3) is 0 Å². The fraction of sp³-hybridized carbons (Fsp3) is 0.400. The van der Waals surface area contributed by atoms with Crippen molar-refractivity contribution in [3.63, 3.8) is 0 Å². The Bertz CT molecular complexity index is 550. The Balaban J connectivity index is 2.43. The molecular formula is C15H19NO6. The molecule has 22 heavy (non-hydrogen) atoms. The van der Waals surface area contributed by atoms with Crippen LogP contribution in [0.15, 0.2) is 24.3 Å². The van der Waals surface area contributed by atoms with Gasteiger partial charge in [-0.1, -0.05) is 0 Å². The lowest BCUT2D eigenvalue weighted by Crippen LogP contribution is -2.46. The zero-order valence-corrected chi connectivity index (χ0v) is 12.5. The number of carbonyl (C=O) groups is 3. The van der Waals surface area contributed by atoms with Gasteiger partial charge in [-0.15, -0.1) is 0 Å². The average Bonchev–Trinajstić information content (AvgIpc) is 2.50. The van der Waals surface area contributed by atoms with Crippen LogP contribution < -0.4 is 10.1 Å². The molecule has 1 aromatic carbocycles. The first-order chi connectivity index (χ1) is 10.3. The number of nitrogens with one attached hydrogen (secondary N) is 1. The number of amides is 1. The number of rotatable bonds is 8. The van der Waals surface area contributed by atoms with Gasteiger partial charge >= 0.3 is 5.97 Å². The Labute approximate surface area is 127 Å². The van der Waals surface area contributed by atoms with E-state index in [1.54, 1.807) is 24.3 Å². The number of ketones is 1. The third-order valence-electron chi connectivity index (χ3n) is 3.08. The van der Waals surface area contributed by atoms with Gasteiger partial charge in [0.15, 0.2) is 11.4 Å². The molecule has 3 N–H and O–H groups in total. The van der Waals surface area contributed by atoms with Crippen LogP contribution >= 0.6 is 0 Å². The van der Waals surface area contributed by atoms with E-state index >= 15 is 0 Å². The number of aliphatic hydroxyl groups is 1. The number of ether oxygens (including phenoxy) is 1. The SMILES string of the molecule is COc1ccc(C(=O)CCC(=O)NCC(C)(O)C(=O)O)cc1. The van der Waals surface area contributed by atoms with Crippen LogP contribution in [0, 0.1) is 0 Å². The van der Waals surface area contributed by atoms with Crippen molar-refractivity contribution < 1.29 is 29.3 Å². The van der Waals surface area contributed by atoms with Crippen molar-refractivity contribution in [1.82, 2.24) is 5.32 Å². The second kappa shape index (κ2) is 7.56. The van der Waals surface area contributed by atoms with E-state index in [9.17, 15) is 19.5 Å². The molecule has 0 aliphatic rings. The lowest BCUT2D eigenvalue weighted by Gasteiger charge is -2.18. The van der Waals surface area contributed by atoms with Crippen molar-refractivity contribution in [3.8, 4) is 5.75 Å². The summed E-state index contributed by atoms with van der Waals surface area (Å²) in [6, 6.07) is 6.51. The number of carbonyl (C=O) groups excluding carboxylic acids is 2. The normalized spacial score (nSPS) is 13.0. The number of carboxylic acids is 1. The monoisotopic (exact) mass is 309 g/mol. The molecule has 0 bridgehead atoms. The van der Waals surface area contributed by atoms with Crippen LogP contribution in [0.5, 0.6) is 5.75 Å². The lowest BCUT2D eigenvalue weighted by molar-refractivity contribution is -0.156. The van der Waals surface area contributed by atoms with Gasteiger partial charge in [0.2, 0.25) is 5.91 Å². The first-order valence-corrected chi connectivity index (χ1v) is 6.66. The summed E-state index contributed by atoms with van der Waals surface area (Å²) in [4.78, 5) is 34.1. The Kier molecular flexibility index (Phi) is 6.06. The van der Waals surface area contributed by atoms with Crippen LogP contribution in [-0.4, -0.2) is 47.1 Å². The third-order valence-corrected chi connectivity index (χ3v) is 3.08. The summed E-state index contributed by atoms with van der Waals surface area (Å²) in [5.74, 6) is -1.50. The fourth-order valence-electron chi connectivity index (χ4n) is 1.58. The Hall–Kier alpha value is -2.41. The number of aliphatic carboxylic acids is 1. The van der Waals surface area contributed by atoms with E-state index in [1.165, 1.54) is 7.11 Å². The molecule has 7 heteroatoms. The Morgan fingerprint density at radius 2 is 1.77 bits per heavy atom. The number of benzene rings is 1. The van der Waals surface area contributed by atoms with E-state index in [1.807, 2.05) is 0 Å². The van der Waals surface area contributed by atoms with Crippen molar-refractivity contribution in [3.05, 3.63) is 29.8 Å². The van der Waals surface area contributed by atoms with Gasteiger partial charge in [0.05, 0.1) is 13.7 Å². The number of Topliss-reactive ketones (excluding diaryl/α,β-unsaturated/α-hetero) is 1. The second-order valence-electron chi connectivity index (χ2n) is 5.01. The topological polar surface area (TPSA) is 113 Å². The quantitative estimate of drug-likeness (QED) is 0.606. The summed E-state index contributed by atoms with van der Waals surface area (Å²) in [6.07, 6.45) is -0.0893. The van der Waals surface area contributed by atoms with Crippen molar-refractivity contribution >= 4 is 17.7 Å². The van der Waals surface area contributed by atoms with Gasteiger partial charge in [0, 0.05) is 18.4 Å².